The van der Waals surface area contributed by atoms with Gasteiger partial charge in [0.2, 0.25) is 11.6 Å². The van der Waals surface area contributed by atoms with Gasteiger partial charge >= 0.3 is 0 Å². The van der Waals surface area contributed by atoms with Crippen LogP contribution in [0, 0.1) is 6.92 Å². The molecule has 15 heavy (non-hydrogen) atoms. The highest BCUT2D eigenvalue weighted by molar-refractivity contribution is 6.04. The molecule has 0 aliphatic carbocycles. The Balaban J connectivity index is 2.33. The third-order valence-corrected chi connectivity index (χ3v) is 1.78. The zero-order valence-corrected chi connectivity index (χ0v) is 8.08. The molecule has 74 valence electrons. The smallest absolute Gasteiger partial charge is 0.250 e. The third kappa shape index (κ3) is 2.01. The summed E-state index contributed by atoms with van der Waals surface area (Å²) in [6.45, 7) is 1.86. The summed E-state index contributed by atoms with van der Waals surface area (Å²) in [6, 6.07) is 0. The van der Waals surface area contributed by atoms with E-state index in [0.29, 0.717) is 0 Å². The molecule has 2 aromatic heterocycles. The fourth-order valence-electron chi connectivity index (χ4n) is 1.04. The van der Waals surface area contributed by atoms with Crippen molar-refractivity contribution in [2.75, 3.05) is 0 Å². The van der Waals surface area contributed by atoms with Crippen molar-refractivity contribution < 1.29 is 4.79 Å². The lowest BCUT2D eigenvalue weighted by atomic mass is 10.2. The van der Waals surface area contributed by atoms with Crippen LogP contribution in [0.5, 0.6) is 0 Å². The van der Waals surface area contributed by atoms with Gasteiger partial charge < -0.3 is 0 Å². The maximum atomic E-state index is 11.7. The number of nitrogens with zero attached hydrogens (tertiary/aromatic N) is 4. The molecule has 0 aliphatic heterocycles. The first kappa shape index (κ1) is 9.39. The van der Waals surface area contributed by atoms with Crippen molar-refractivity contribution in [3.63, 3.8) is 0 Å². The molecule has 2 heterocycles. The number of hydrogen-bond acceptors (Lipinski definition) is 5. The summed E-state index contributed by atoms with van der Waals surface area (Å²) in [5, 5.41) is 0. The zero-order chi connectivity index (χ0) is 10.7. The van der Waals surface area contributed by atoms with E-state index >= 15 is 0 Å². The van der Waals surface area contributed by atoms with Gasteiger partial charge in [0.25, 0.3) is 0 Å². The van der Waals surface area contributed by atoms with E-state index in [1.165, 1.54) is 18.6 Å². The summed E-state index contributed by atoms with van der Waals surface area (Å²) in [5.74, 6) is -0.177. The summed E-state index contributed by atoms with van der Waals surface area (Å²) in [6.07, 6.45) is 7.55. The minimum atomic E-state index is -0.317. The first-order valence-corrected chi connectivity index (χ1v) is 4.37. The molecule has 0 bridgehead atoms. The van der Waals surface area contributed by atoms with Gasteiger partial charge in [-0.05, 0) is 12.5 Å². The zero-order valence-electron chi connectivity index (χ0n) is 8.08. The molecule has 0 aliphatic rings. The van der Waals surface area contributed by atoms with Crippen LogP contribution in [0.3, 0.4) is 0 Å². The van der Waals surface area contributed by atoms with Crippen LogP contribution < -0.4 is 0 Å². The van der Waals surface area contributed by atoms with Gasteiger partial charge in [-0.2, -0.15) is 0 Å². The maximum Gasteiger partial charge on any atom is 0.250 e. The van der Waals surface area contributed by atoms with E-state index < -0.39 is 0 Å². The van der Waals surface area contributed by atoms with Gasteiger partial charge in [0.1, 0.15) is 5.69 Å². The second kappa shape index (κ2) is 3.91. The molecular formula is C10H8N4O. The van der Waals surface area contributed by atoms with E-state index in [1.807, 2.05) is 6.92 Å². The van der Waals surface area contributed by atoms with Crippen LogP contribution in [0.2, 0.25) is 0 Å². The SMILES string of the molecule is Cc1cnc(C(=O)c2cnccn2)nc1. The van der Waals surface area contributed by atoms with Gasteiger partial charge in [-0.1, -0.05) is 0 Å². The van der Waals surface area contributed by atoms with Crippen molar-refractivity contribution in [1.29, 1.82) is 0 Å². The Hall–Kier alpha value is -2.17. The van der Waals surface area contributed by atoms with E-state index in [9.17, 15) is 4.79 Å². The fourth-order valence-corrected chi connectivity index (χ4v) is 1.04. The Morgan fingerprint density at radius 3 is 2.40 bits per heavy atom. The Morgan fingerprint density at radius 1 is 1.07 bits per heavy atom. The van der Waals surface area contributed by atoms with E-state index in [-0.39, 0.29) is 17.3 Å². The average Bonchev–Trinajstić information content (AvgIpc) is 2.30. The molecule has 0 N–H and O–H groups in total. The largest absolute Gasteiger partial charge is 0.283 e. The summed E-state index contributed by atoms with van der Waals surface area (Å²) >= 11 is 0. The highest BCUT2D eigenvalue weighted by atomic mass is 16.1. The number of hydrogen-bond donors (Lipinski definition) is 0. The number of aromatic nitrogens is 4. The van der Waals surface area contributed by atoms with Crippen molar-refractivity contribution in [3.8, 4) is 0 Å². The molecule has 0 saturated heterocycles. The molecule has 0 radical (unpaired) electrons. The molecule has 0 aromatic carbocycles. The van der Waals surface area contributed by atoms with Gasteiger partial charge in [0.05, 0.1) is 6.20 Å². The lowest BCUT2D eigenvalue weighted by molar-refractivity contribution is 0.102. The summed E-state index contributed by atoms with van der Waals surface area (Å²) < 4.78 is 0. The summed E-state index contributed by atoms with van der Waals surface area (Å²) in [5.41, 5.74) is 1.16. The maximum absolute atomic E-state index is 11.7. The second-order valence-electron chi connectivity index (χ2n) is 3.00. The quantitative estimate of drug-likeness (QED) is 0.671. The summed E-state index contributed by atoms with van der Waals surface area (Å²) in [4.78, 5) is 27.3. The molecular weight excluding hydrogens is 192 g/mol. The Kier molecular flexibility index (Phi) is 2.45. The van der Waals surface area contributed by atoms with Gasteiger partial charge in [0, 0.05) is 24.8 Å². The molecule has 2 aromatic rings. The molecule has 5 nitrogen and oxygen atoms in total. The lowest BCUT2D eigenvalue weighted by Crippen LogP contribution is -2.08. The molecule has 0 fully saturated rings. The average molecular weight is 200 g/mol. The van der Waals surface area contributed by atoms with E-state index in [4.69, 9.17) is 0 Å². The lowest BCUT2D eigenvalue weighted by Gasteiger charge is -1.97. The Morgan fingerprint density at radius 2 is 1.80 bits per heavy atom. The van der Waals surface area contributed by atoms with Crippen LogP contribution in [0.1, 0.15) is 21.9 Å². The second-order valence-corrected chi connectivity index (χ2v) is 3.00. The fraction of sp³-hybridized carbons (Fsp3) is 0.100. The van der Waals surface area contributed by atoms with Crippen LogP contribution in [0.15, 0.2) is 31.0 Å². The van der Waals surface area contributed by atoms with E-state index in [1.54, 1.807) is 12.4 Å². The first-order chi connectivity index (χ1) is 7.27. The van der Waals surface area contributed by atoms with Gasteiger partial charge in [-0.25, -0.2) is 15.0 Å². The van der Waals surface area contributed by atoms with Crippen LogP contribution >= 0.6 is 0 Å². The van der Waals surface area contributed by atoms with Crippen LogP contribution in [-0.4, -0.2) is 25.7 Å². The van der Waals surface area contributed by atoms with Gasteiger partial charge in [-0.3, -0.25) is 9.78 Å². The molecule has 0 spiro atoms. The minimum absolute atomic E-state index is 0.140. The number of rotatable bonds is 2. The standard InChI is InChI=1S/C10H8N4O/c1-7-4-13-10(14-5-7)9(15)8-6-11-2-3-12-8/h2-6H,1H3. The predicted octanol–water partition coefficient (Wildman–Crippen LogP) is 0.806. The van der Waals surface area contributed by atoms with Crippen LogP contribution in [-0.2, 0) is 0 Å². The third-order valence-electron chi connectivity index (χ3n) is 1.78. The highest BCUT2D eigenvalue weighted by Gasteiger charge is 2.12. The number of aryl methyl sites for hydroxylation is 1. The van der Waals surface area contributed by atoms with Crippen molar-refractivity contribution >= 4 is 5.78 Å². The number of carbonyl (C=O) groups excluding carboxylic acids is 1. The predicted molar refractivity (Wildman–Crippen MR) is 52.2 cm³/mol. The summed E-state index contributed by atoms with van der Waals surface area (Å²) in [7, 11) is 0. The van der Waals surface area contributed by atoms with E-state index in [0.717, 1.165) is 5.56 Å². The highest BCUT2D eigenvalue weighted by Crippen LogP contribution is 2.01. The Labute approximate surface area is 86.3 Å². The van der Waals surface area contributed by atoms with Crippen LogP contribution in [0.25, 0.3) is 0 Å². The van der Waals surface area contributed by atoms with Crippen molar-refractivity contribution in [2.24, 2.45) is 0 Å². The van der Waals surface area contributed by atoms with Crippen molar-refractivity contribution in [2.45, 2.75) is 6.92 Å². The Bertz CT molecular complexity index is 467. The molecule has 5 heteroatoms. The topological polar surface area (TPSA) is 68.6 Å². The molecule has 0 atom stereocenters. The molecule has 0 unspecified atom stereocenters. The van der Waals surface area contributed by atoms with Crippen LogP contribution in [0.4, 0.5) is 0 Å². The monoisotopic (exact) mass is 200 g/mol. The first-order valence-electron chi connectivity index (χ1n) is 4.37. The van der Waals surface area contributed by atoms with Crippen molar-refractivity contribution in [1.82, 2.24) is 19.9 Å². The normalized spacial score (nSPS) is 9.93. The van der Waals surface area contributed by atoms with Gasteiger partial charge in [-0.15, -0.1) is 0 Å². The van der Waals surface area contributed by atoms with Crippen molar-refractivity contribution in [3.05, 3.63) is 48.1 Å². The molecule has 0 amide bonds. The number of carbonyl (C=O) groups is 1. The number of ketones is 1. The molecule has 2 rings (SSSR count). The molecule has 0 saturated carbocycles. The van der Waals surface area contributed by atoms with Gasteiger partial charge in [0.15, 0.2) is 0 Å². The minimum Gasteiger partial charge on any atom is -0.283 e. The van der Waals surface area contributed by atoms with E-state index in [2.05, 4.69) is 19.9 Å².